The minimum absolute atomic E-state index is 0. The lowest BCUT2D eigenvalue weighted by atomic mass is 10.2. The van der Waals surface area contributed by atoms with Crippen LogP contribution in [0.3, 0.4) is 0 Å². The predicted molar refractivity (Wildman–Crippen MR) is 218 cm³/mol. The number of esters is 2. The lowest BCUT2D eigenvalue weighted by Gasteiger charge is -2.17. The smallest absolute Gasteiger partial charge is 0.325 e. The molecule has 4 rings (SSSR count). The summed E-state index contributed by atoms with van der Waals surface area (Å²) in [6.45, 7) is -0.0872. The van der Waals surface area contributed by atoms with Crippen molar-refractivity contribution < 1.29 is 28.7 Å². The summed E-state index contributed by atoms with van der Waals surface area (Å²) in [5.74, 6) is -1.91. The zero-order valence-electron chi connectivity index (χ0n) is 25.1. The molecule has 0 aliphatic carbocycles. The third kappa shape index (κ3) is 16.2. The molecular weight excluding hydrogens is 1040 g/mol. The molecule has 0 saturated heterocycles. The standard InChI is InChI=1S/C17H15Cl2NO3.C16H13Cl2NO3.I2.HI/c1-20(17(22)14-9-13(18)7-8-15(14)19)10-16(21)23-11-12-5-3-2-4-6-12;17-12-6-7-14(18)13(8-12)16(21)19-9-15(20)22-10-11-4-2-1-3-5-11;1-2;/h2-9H,10-11H2,1H3;1-8H,9-10H2,(H,19,21);;1H. The van der Waals surface area contributed by atoms with Gasteiger partial charge in [0.2, 0.25) is 0 Å². The third-order valence-electron chi connectivity index (χ3n) is 5.92. The number of halogens is 7. The molecule has 0 saturated carbocycles. The van der Waals surface area contributed by atoms with E-state index in [0.717, 1.165) is 11.1 Å². The zero-order chi connectivity index (χ0) is 34.8. The fraction of sp³-hybridized carbons (Fsp3) is 0.152. The van der Waals surface area contributed by atoms with E-state index in [0.29, 0.717) is 10.0 Å². The summed E-state index contributed by atoms with van der Waals surface area (Å²) in [7, 11) is 1.50. The summed E-state index contributed by atoms with van der Waals surface area (Å²) in [5.41, 5.74) is 2.22. The molecule has 48 heavy (non-hydrogen) atoms. The predicted octanol–water partition coefficient (Wildman–Crippen LogP) is 9.66. The molecule has 0 heterocycles. The highest BCUT2D eigenvalue weighted by atomic mass is 128. The van der Waals surface area contributed by atoms with Gasteiger partial charge in [0.15, 0.2) is 0 Å². The molecule has 15 heteroatoms. The number of nitrogens with one attached hydrogen (secondary N) is 1. The van der Waals surface area contributed by atoms with Crippen LogP contribution >= 0.6 is 108 Å². The summed E-state index contributed by atoms with van der Waals surface area (Å²) in [5, 5.41) is 3.78. The van der Waals surface area contributed by atoms with Crippen LogP contribution in [0.4, 0.5) is 0 Å². The molecule has 0 atom stereocenters. The van der Waals surface area contributed by atoms with E-state index in [1.807, 2.05) is 60.7 Å². The Morgan fingerprint density at radius 2 is 1.10 bits per heavy atom. The molecule has 0 aliphatic heterocycles. The number of carbonyl (C=O) groups excluding carboxylic acids is 4. The third-order valence-corrected chi connectivity index (χ3v) is 7.05. The molecule has 256 valence electrons. The summed E-state index contributed by atoms with van der Waals surface area (Å²) < 4.78 is 10.2. The fourth-order valence-electron chi connectivity index (χ4n) is 3.62. The zero-order valence-corrected chi connectivity index (χ0v) is 34.8. The highest BCUT2D eigenvalue weighted by Gasteiger charge is 2.19. The van der Waals surface area contributed by atoms with Crippen molar-refractivity contribution in [2.24, 2.45) is 0 Å². The topological polar surface area (TPSA) is 102 Å². The molecule has 0 bridgehead atoms. The largest absolute Gasteiger partial charge is 0.460 e. The van der Waals surface area contributed by atoms with Crippen molar-refractivity contribution in [3.8, 4) is 0 Å². The van der Waals surface area contributed by atoms with E-state index in [9.17, 15) is 19.2 Å². The maximum absolute atomic E-state index is 12.3. The number of benzene rings is 4. The lowest BCUT2D eigenvalue weighted by Crippen LogP contribution is -2.33. The van der Waals surface area contributed by atoms with Crippen LogP contribution in [-0.4, -0.2) is 48.8 Å². The summed E-state index contributed by atoms with van der Waals surface area (Å²) in [4.78, 5) is 48.9. The van der Waals surface area contributed by atoms with Gasteiger partial charge in [-0.25, -0.2) is 0 Å². The van der Waals surface area contributed by atoms with E-state index >= 15 is 0 Å². The van der Waals surface area contributed by atoms with Gasteiger partial charge in [-0.3, -0.25) is 19.2 Å². The molecule has 4 aromatic rings. The van der Waals surface area contributed by atoms with Crippen molar-refractivity contribution in [2.75, 3.05) is 20.1 Å². The fourth-order valence-corrected chi connectivity index (χ4v) is 4.37. The SMILES string of the molecule is CN(CC(=O)OCc1ccccc1)C(=O)c1cc(Cl)ccc1Cl.I.II.O=C(CNC(=O)c1cc(Cl)ccc1Cl)OCc1ccccc1. The second-order valence-corrected chi connectivity index (χ2v) is 11.1. The van der Waals surface area contributed by atoms with Crippen LogP contribution in [0.25, 0.3) is 0 Å². The van der Waals surface area contributed by atoms with Crippen molar-refractivity contribution in [3.05, 3.63) is 139 Å². The number of rotatable bonds is 10. The first-order valence-corrected chi connectivity index (χ1v) is 21.3. The molecule has 0 fully saturated rings. The van der Waals surface area contributed by atoms with Crippen LogP contribution in [0.1, 0.15) is 31.8 Å². The number of likely N-dealkylation sites (N-methyl/N-ethyl adjacent to an activating group) is 1. The van der Waals surface area contributed by atoms with Gasteiger partial charge in [0.25, 0.3) is 11.8 Å². The van der Waals surface area contributed by atoms with Crippen molar-refractivity contribution >= 4 is 131 Å². The normalized spacial score (nSPS) is 9.65. The van der Waals surface area contributed by atoms with Gasteiger partial charge in [-0.2, -0.15) is 0 Å². The second kappa shape index (κ2) is 24.3. The van der Waals surface area contributed by atoms with Crippen molar-refractivity contribution in [1.29, 1.82) is 0 Å². The average Bonchev–Trinajstić information content (AvgIpc) is 3.09. The monoisotopic (exact) mass is 1070 g/mol. The van der Waals surface area contributed by atoms with Gasteiger partial charge < -0.3 is 19.7 Å². The Balaban J connectivity index is 0.000000448. The number of hydrogen-bond acceptors (Lipinski definition) is 6. The van der Waals surface area contributed by atoms with E-state index in [-0.39, 0.29) is 71.5 Å². The van der Waals surface area contributed by atoms with E-state index < -0.39 is 23.8 Å². The van der Waals surface area contributed by atoms with Crippen LogP contribution in [-0.2, 0) is 32.3 Å². The molecule has 0 aliphatic rings. The first kappa shape index (κ1) is 44.1. The van der Waals surface area contributed by atoms with Gasteiger partial charge in [0.1, 0.15) is 26.3 Å². The maximum atomic E-state index is 12.3. The number of carbonyl (C=O) groups is 4. The van der Waals surface area contributed by atoms with Gasteiger partial charge in [-0.15, -0.1) is 24.0 Å². The highest BCUT2D eigenvalue weighted by molar-refractivity contribution is 15.0. The lowest BCUT2D eigenvalue weighted by molar-refractivity contribution is -0.145. The highest BCUT2D eigenvalue weighted by Crippen LogP contribution is 2.22. The van der Waals surface area contributed by atoms with Gasteiger partial charge in [-0.1, -0.05) is 107 Å². The first-order chi connectivity index (χ1) is 22.5. The first-order valence-electron chi connectivity index (χ1n) is 13.5. The quantitative estimate of drug-likeness (QED) is 0.126. The van der Waals surface area contributed by atoms with E-state index in [2.05, 4.69) is 42.5 Å². The average molecular weight is 1070 g/mol. The molecule has 8 nitrogen and oxygen atoms in total. The molecule has 0 radical (unpaired) electrons. The molecular formula is C33H29Cl4I3N2O6. The van der Waals surface area contributed by atoms with Crippen molar-refractivity contribution in [3.63, 3.8) is 0 Å². The van der Waals surface area contributed by atoms with Crippen LogP contribution in [0, 0.1) is 0 Å². The molecule has 4 aromatic carbocycles. The number of ether oxygens (including phenoxy) is 2. The Bertz CT molecular complexity index is 1640. The molecule has 0 spiro atoms. The van der Waals surface area contributed by atoms with Crippen LogP contribution in [0.5, 0.6) is 0 Å². The molecule has 0 aromatic heterocycles. The Morgan fingerprint density at radius 3 is 1.60 bits per heavy atom. The van der Waals surface area contributed by atoms with Gasteiger partial charge in [0.05, 0.1) is 21.2 Å². The number of nitrogens with zero attached hydrogens (tertiary/aromatic N) is 1. The van der Waals surface area contributed by atoms with Crippen LogP contribution in [0.15, 0.2) is 97.1 Å². The minimum Gasteiger partial charge on any atom is -0.460 e. The number of amides is 2. The van der Waals surface area contributed by atoms with Crippen LogP contribution in [0.2, 0.25) is 20.1 Å². The Hall–Kier alpha value is -1.89. The maximum Gasteiger partial charge on any atom is 0.325 e. The Kier molecular flexibility index (Phi) is 22.3. The molecule has 2 amide bonds. The van der Waals surface area contributed by atoms with Gasteiger partial charge in [0, 0.05) is 54.3 Å². The summed E-state index contributed by atoms with van der Waals surface area (Å²) in [6, 6.07) is 27.7. The summed E-state index contributed by atoms with van der Waals surface area (Å²) in [6.07, 6.45) is 0. The minimum atomic E-state index is -0.532. The van der Waals surface area contributed by atoms with Gasteiger partial charge in [-0.05, 0) is 47.5 Å². The van der Waals surface area contributed by atoms with Crippen molar-refractivity contribution in [1.82, 2.24) is 10.2 Å². The Labute approximate surface area is 339 Å². The van der Waals surface area contributed by atoms with Gasteiger partial charge >= 0.3 is 11.9 Å². The molecule has 1 N–H and O–H groups in total. The van der Waals surface area contributed by atoms with E-state index in [1.165, 1.54) is 30.1 Å². The molecule has 0 unspecified atom stereocenters. The Morgan fingerprint density at radius 1 is 0.667 bits per heavy atom. The van der Waals surface area contributed by atoms with Crippen LogP contribution < -0.4 is 5.32 Å². The van der Waals surface area contributed by atoms with E-state index in [1.54, 1.807) is 18.2 Å². The second-order valence-electron chi connectivity index (χ2n) is 9.38. The van der Waals surface area contributed by atoms with Crippen molar-refractivity contribution in [2.45, 2.75) is 13.2 Å². The summed E-state index contributed by atoms with van der Waals surface area (Å²) >= 11 is 27.8. The van der Waals surface area contributed by atoms with E-state index in [4.69, 9.17) is 55.9 Å². The number of hydrogen-bond donors (Lipinski definition) is 1.